The zero-order valence-corrected chi connectivity index (χ0v) is 16.3. The normalized spacial score (nSPS) is 16.1. The van der Waals surface area contributed by atoms with E-state index in [4.69, 9.17) is 4.74 Å². The molecule has 1 aromatic carbocycles. The highest BCUT2D eigenvalue weighted by molar-refractivity contribution is 9.10. The summed E-state index contributed by atoms with van der Waals surface area (Å²) in [6.45, 7) is 3.13. The average Bonchev–Trinajstić information content (AvgIpc) is 3.16. The number of fused-ring (bicyclic) bond motifs is 1. The average molecular weight is 416 g/mol. The summed E-state index contributed by atoms with van der Waals surface area (Å²) in [5.41, 5.74) is 1.73. The van der Waals surface area contributed by atoms with E-state index in [1.807, 2.05) is 34.9 Å². The highest BCUT2D eigenvalue weighted by Crippen LogP contribution is 2.24. The molecule has 3 heterocycles. The number of nitrogens with one attached hydrogen (secondary N) is 1. The lowest BCUT2D eigenvalue weighted by atomic mass is 9.98. The van der Waals surface area contributed by atoms with Crippen LogP contribution in [0.15, 0.2) is 47.5 Å². The van der Waals surface area contributed by atoms with Gasteiger partial charge in [-0.3, -0.25) is 4.40 Å². The maximum absolute atomic E-state index is 5.97. The molecule has 1 aliphatic rings. The first kappa shape index (κ1) is 17.3. The molecule has 0 spiro atoms. The van der Waals surface area contributed by atoms with Gasteiger partial charge in [-0.1, -0.05) is 0 Å². The summed E-state index contributed by atoms with van der Waals surface area (Å²) in [7, 11) is 2.18. The summed E-state index contributed by atoms with van der Waals surface area (Å²) in [6, 6.07) is 8.01. The van der Waals surface area contributed by atoms with Gasteiger partial charge in [0.15, 0.2) is 11.5 Å². The van der Waals surface area contributed by atoms with E-state index in [0.29, 0.717) is 5.92 Å². The molecular weight excluding hydrogens is 394 g/mol. The Morgan fingerprint density at radius 3 is 2.73 bits per heavy atom. The topological polar surface area (TPSA) is 54.7 Å². The van der Waals surface area contributed by atoms with Gasteiger partial charge < -0.3 is 15.0 Å². The SMILES string of the molecule is CN1CCC(COc2ccc(Nc3ncc(Br)n4ccnc34)cc2)CC1. The van der Waals surface area contributed by atoms with Gasteiger partial charge in [-0.25, -0.2) is 9.97 Å². The summed E-state index contributed by atoms with van der Waals surface area (Å²) >= 11 is 3.47. The molecule has 0 atom stereocenters. The number of nitrogens with zero attached hydrogens (tertiary/aromatic N) is 4. The van der Waals surface area contributed by atoms with Gasteiger partial charge in [0, 0.05) is 18.1 Å². The minimum Gasteiger partial charge on any atom is -0.493 e. The molecule has 0 unspecified atom stereocenters. The van der Waals surface area contributed by atoms with Gasteiger partial charge >= 0.3 is 0 Å². The second-order valence-electron chi connectivity index (χ2n) is 6.76. The highest BCUT2D eigenvalue weighted by atomic mass is 79.9. The van der Waals surface area contributed by atoms with Crippen molar-refractivity contribution in [2.24, 2.45) is 5.92 Å². The Labute approximate surface area is 161 Å². The van der Waals surface area contributed by atoms with Crippen LogP contribution in [0.25, 0.3) is 5.65 Å². The summed E-state index contributed by atoms with van der Waals surface area (Å²) in [6.07, 6.45) is 7.84. The molecule has 7 heteroatoms. The van der Waals surface area contributed by atoms with Crippen molar-refractivity contribution >= 4 is 33.1 Å². The lowest BCUT2D eigenvalue weighted by Gasteiger charge is -2.28. The molecule has 1 fully saturated rings. The lowest BCUT2D eigenvalue weighted by molar-refractivity contribution is 0.160. The maximum Gasteiger partial charge on any atom is 0.181 e. The quantitative estimate of drug-likeness (QED) is 0.683. The fraction of sp³-hybridized carbons (Fsp3) is 0.368. The van der Waals surface area contributed by atoms with Crippen LogP contribution in [0.3, 0.4) is 0 Å². The molecule has 3 aromatic rings. The van der Waals surface area contributed by atoms with Crippen molar-refractivity contribution in [2.45, 2.75) is 12.8 Å². The highest BCUT2D eigenvalue weighted by Gasteiger charge is 2.17. The van der Waals surface area contributed by atoms with Crippen LogP contribution in [0, 0.1) is 5.92 Å². The number of likely N-dealkylation sites (tertiary alicyclic amines) is 1. The van der Waals surface area contributed by atoms with Crippen molar-refractivity contribution in [3.63, 3.8) is 0 Å². The number of rotatable bonds is 5. The Morgan fingerprint density at radius 2 is 1.96 bits per heavy atom. The van der Waals surface area contributed by atoms with Crippen molar-refractivity contribution in [3.8, 4) is 5.75 Å². The molecule has 1 saturated heterocycles. The minimum absolute atomic E-state index is 0.657. The van der Waals surface area contributed by atoms with Gasteiger partial charge in [0.1, 0.15) is 10.4 Å². The molecule has 136 valence electrons. The number of imidazole rings is 1. The molecule has 6 nitrogen and oxygen atoms in total. The number of ether oxygens (including phenoxy) is 1. The lowest BCUT2D eigenvalue weighted by Crippen LogP contribution is -2.32. The van der Waals surface area contributed by atoms with Gasteiger partial charge in [-0.15, -0.1) is 0 Å². The molecular formula is C19H22BrN5O. The third-order valence-corrected chi connectivity index (χ3v) is 5.41. The molecule has 0 radical (unpaired) electrons. The van der Waals surface area contributed by atoms with Crippen LogP contribution in [-0.2, 0) is 0 Å². The van der Waals surface area contributed by atoms with Crippen LogP contribution < -0.4 is 10.1 Å². The Hall–Kier alpha value is -2.12. The van der Waals surface area contributed by atoms with Crippen molar-refractivity contribution in [1.82, 2.24) is 19.3 Å². The Kier molecular flexibility index (Phi) is 5.08. The van der Waals surface area contributed by atoms with Gasteiger partial charge in [-0.05, 0) is 79.1 Å². The molecule has 0 saturated carbocycles. The molecule has 2 aromatic heterocycles. The van der Waals surface area contributed by atoms with Crippen molar-refractivity contribution < 1.29 is 4.74 Å². The van der Waals surface area contributed by atoms with Crippen molar-refractivity contribution in [1.29, 1.82) is 0 Å². The fourth-order valence-corrected chi connectivity index (χ4v) is 3.58. The monoisotopic (exact) mass is 415 g/mol. The smallest absolute Gasteiger partial charge is 0.181 e. The van der Waals surface area contributed by atoms with E-state index in [1.54, 1.807) is 12.4 Å². The Bertz CT molecular complexity index is 871. The van der Waals surface area contributed by atoms with Crippen LogP contribution in [0.2, 0.25) is 0 Å². The molecule has 26 heavy (non-hydrogen) atoms. The third-order valence-electron chi connectivity index (χ3n) is 4.82. The van der Waals surface area contributed by atoms with Crippen molar-refractivity contribution in [2.75, 3.05) is 32.1 Å². The number of benzene rings is 1. The fourth-order valence-electron chi connectivity index (χ4n) is 3.19. The van der Waals surface area contributed by atoms with Crippen LogP contribution in [-0.4, -0.2) is 46.0 Å². The summed E-state index contributed by atoms with van der Waals surface area (Å²) in [5.74, 6) is 2.28. The number of anilines is 2. The Balaban J connectivity index is 1.38. The number of hydrogen-bond acceptors (Lipinski definition) is 5. The van der Waals surface area contributed by atoms with Crippen LogP contribution in [0.1, 0.15) is 12.8 Å². The Morgan fingerprint density at radius 1 is 1.19 bits per heavy atom. The zero-order chi connectivity index (χ0) is 17.9. The number of piperidine rings is 1. The predicted molar refractivity (Wildman–Crippen MR) is 106 cm³/mol. The molecule has 0 aliphatic carbocycles. The second kappa shape index (κ2) is 7.63. The molecule has 1 N–H and O–H groups in total. The van der Waals surface area contributed by atoms with E-state index in [-0.39, 0.29) is 0 Å². The summed E-state index contributed by atoms with van der Waals surface area (Å²) in [5, 5.41) is 3.32. The van der Waals surface area contributed by atoms with E-state index in [9.17, 15) is 0 Å². The predicted octanol–water partition coefficient (Wildman–Crippen LogP) is 3.96. The van der Waals surface area contributed by atoms with Gasteiger partial charge in [0.05, 0.1) is 12.8 Å². The van der Waals surface area contributed by atoms with E-state index >= 15 is 0 Å². The first-order valence-corrected chi connectivity index (χ1v) is 9.64. The van der Waals surface area contributed by atoms with Gasteiger partial charge in [0.25, 0.3) is 0 Å². The molecule has 0 amide bonds. The van der Waals surface area contributed by atoms with Gasteiger partial charge in [-0.2, -0.15) is 0 Å². The van der Waals surface area contributed by atoms with Crippen molar-refractivity contribution in [3.05, 3.63) is 47.5 Å². The van der Waals surface area contributed by atoms with E-state index in [1.165, 1.54) is 25.9 Å². The molecule has 1 aliphatic heterocycles. The number of aromatic nitrogens is 3. The van der Waals surface area contributed by atoms with Crippen LogP contribution in [0.4, 0.5) is 11.5 Å². The van der Waals surface area contributed by atoms with Crippen LogP contribution >= 0.6 is 15.9 Å². The standard InChI is InChI=1S/C19H22BrN5O/c1-24-9-6-14(7-10-24)13-26-16-4-2-15(3-5-16)23-18-19-21-8-11-25(19)17(20)12-22-18/h2-5,8,11-12,14H,6-7,9-10,13H2,1H3,(H,22,23). The summed E-state index contributed by atoms with van der Waals surface area (Å²) < 4.78 is 8.78. The van der Waals surface area contributed by atoms with E-state index in [2.05, 4.69) is 43.2 Å². The number of hydrogen-bond donors (Lipinski definition) is 1. The third kappa shape index (κ3) is 3.83. The second-order valence-corrected chi connectivity index (χ2v) is 7.57. The first-order chi connectivity index (χ1) is 12.7. The number of halogens is 1. The molecule has 0 bridgehead atoms. The first-order valence-electron chi connectivity index (χ1n) is 8.85. The van der Waals surface area contributed by atoms with Crippen LogP contribution in [0.5, 0.6) is 5.75 Å². The largest absolute Gasteiger partial charge is 0.493 e. The zero-order valence-electron chi connectivity index (χ0n) is 14.7. The molecule has 4 rings (SSSR count). The van der Waals surface area contributed by atoms with E-state index in [0.717, 1.165) is 34.1 Å². The van der Waals surface area contributed by atoms with Gasteiger partial charge in [0.2, 0.25) is 0 Å². The minimum atomic E-state index is 0.657. The van der Waals surface area contributed by atoms with E-state index < -0.39 is 0 Å². The summed E-state index contributed by atoms with van der Waals surface area (Å²) in [4.78, 5) is 11.2. The maximum atomic E-state index is 5.97.